The number of carbonyl (C=O) groups is 2. The van der Waals surface area contributed by atoms with E-state index in [2.05, 4.69) is 15.6 Å². The second kappa shape index (κ2) is 6.01. The van der Waals surface area contributed by atoms with Crippen LogP contribution in [0.3, 0.4) is 0 Å². The fraction of sp³-hybridized carbons (Fsp3) is 0.583. The van der Waals surface area contributed by atoms with Crippen LogP contribution in [0.5, 0.6) is 0 Å². The molecule has 1 aliphatic carbocycles. The van der Waals surface area contributed by atoms with Gasteiger partial charge in [-0.3, -0.25) is 0 Å². The Balaban J connectivity index is 1.70. The van der Waals surface area contributed by atoms with Crippen LogP contribution in [0.25, 0.3) is 0 Å². The number of nitrogens with one attached hydrogen (secondary N) is 2. The number of nitrogens with zero attached hydrogens (tertiary/aromatic N) is 1. The molecule has 6 nitrogen and oxygen atoms in total. The predicted octanol–water partition coefficient (Wildman–Crippen LogP) is 1.16. The zero-order chi connectivity index (χ0) is 13.8. The van der Waals surface area contributed by atoms with E-state index in [1.165, 1.54) is 0 Å². The Morgan fingerprint density at radius 3 is 2.84 bits per heavy atom. The molecule has 1 unspecified atom stereocenters. The van der Waals surface area contributed by atoms with Crippen molar-refractivity contribution in [3.8, 4) is 0 Å². The Morgan fingerprint density at radius 1 is 1.58 bits per heavy atom. The average Bonchev–Trinajstić information content (AvgIpc) is 3.10. The number of aryl methyl sites for hydroxylation is 1. The monoisotopic (exact) mass is 283 g/mol. The molecule has 1 atom stereocenters. The van der Waals surface area contributed by atoms with E-state index in [4.69, 9.17) is 5.11 Å². The minimum Gasteiger partial charge on any atom is -0.480 e. The van der Waals surface area contributed by atoms with Gasteiger partial charge in [0.25, 0.3) is 0 Å². The number of hydrogen-bond acceptors (Lipinski definition) is 4. The molecule has 0 spiro atoms. The first-order valence-electron chi connectivity index (χ1n) is 6.24. The van der Waals surface area contributed by atoms with E-state index in [1.54, 1.807) is 11.3 Å². The normalized spacial score (nSPS) is 15.8. The van der Waals surface area contributed by atoms with Crippen molar-refractivity contribution in [3.63, 3.8) is 0 Å². The van der Waals surface area contributed by atoms with E-state index in [0.717, 1.165) is 23.5 Å². The zero-order valence-electron chi connectivity index (χ0n) is 10.7. The largest absolute Gasteiger partial charge is 0.480 e. The van der Waals surface area contributed by atoms with Crippen LogP contribution >= 0.6 is 11.3 Å². The van der Waals surface area contributed by atoms with Crippen molar-refractivity contribution in [1.29, 1.82) is 0 Å². The summed E-state index contributed by atoms with van der Waals surface area (Å²) >= 11 is 1.56. The lowest BCUT2D eigenvalue weighted by Crippen LogP contribution is -2.47. The highest BCUT2D eigenvalue weighted by atomic mass is 32.1. The topological polar surface area (TPSA) is 91.3 Å². The molecule has 2 rings (SSSR count). The molecule has 1 heterocycles. The Kier molecular flexibility index (Phi) is 4.36. The lowest BCUT2D eigenvalue weighted by Gasteiger charge is -2.13. The van der Waals surface area contributed by atoms with Crippen molar-refractivity contribution in [1.82, 2.24) is 15.6 Å². The van der Waals surface area contributed by atoms with Crippen LogP contribution in [0.15, 0.2) is 5.38 Å². The smallest absolute Gasteiger partial charge is 0.326 e. The third kappa shape index (κ3) is 4.20. The van der Waals surface area contributed by atoms with Gasteiger partial charge in [0.1, 0.15) is 6.04 Å². The number of amides is 2. The Morgan fingerprint density at radius 2 is 2.32 bits per heavy atom. The number of aliphatic carboxylic acids is 1. The summed E-state index contributed by atoms with van der Waals surface area (Å²) in [4.78, 5) is 26.8. The molecule has 3 N–H and O–H groups in total. The third-order valence-corrected chi connectivity index (χ3v) is 3.96. The minimum absolute atomic E-state index is 0.0878. The summed E-state index contributed by atoms with van der Waals surface area (Å²) in [5.41, 5.74) is 0.976. The lowest BCUT2D eigenvalue weighted by atomic mass is 10.2. The highest BCUT2D eigenvalue weighted by molar-refractivity contribution is 7.09. The SMILES string of the molecule is Cc1csc(CCNC(=O)NC(C(=O)O)C2CC2)n1. The maximum Gasteiger partial charge on any atom is 0.326 e. The molecule has 0 bridgehead atoms. The molecule has 1 fully saturated rings. The second-order valence-electron chi connectivity index (χ2n) is 4.69. The number of carbonyl (C=O) groups excluding carboxylic acids is 1. The summed E-state index contributed by atoms with van der Waals surface area (Å²) in [7, 11) is 0. The van der Waals surface area contributed by atoms with E-state index in [9.17, 15) is 9.59 Å². The molecule has 1 aromatic heterocycles. The van der Waals surface area contributed by atoms with Gasteiger partial charge in [-0.05, 0) is 25.7 Å². The van der Waals surface area contributed by atoms with E-state index in [1.807, 2.05) is 12.3 Å². The van der Waals surface area contributed by atoms with Crippen molar-refractivity contribution >= 4 is 23.3 Å². The number of carboxylic acid groups (broad SMARTS) is 1. The van der Waals surface area contributed by atoms with Gasteiger partial charge in [0.15, 0.2) is 0 Å². The molecule has 104 valence electrons. The van der Waals surface area contributed by atoms with E-state index in [-0.39, 0.29) is 5.92 Å². The van der Waals surface area contributed by atoms with E-state index >= 15 is 0 Å². The maximum atomic E-state index is 11.6. The first-order chi connectivity index (χ1) is 9.06. The Hall–Kier alpha value is -1.63. The zero-order valence-corrected chi connectivity index (χ0v) is 11.5. The fourth-order valence-electron chi connectivity index (χ4n) is 1.80. The summed E-state index contributed by atoms with van der Waals surface area (Å²) in [5.74, 6) is -0.877. The van der Waals surface area contributed by atoms with Crippen LogP contribution < -0.4 is 10.6 Å². The van der Waals surface area contributed by atoms with Gasteiger partial charge in [0, 0.05) is 24.0 Å². The molecular formula is C12H17N3O3S. The maximum absolute atomic E-state index is 11.6. The molecule has 0 saturated heterocycles. The molecular weight excluding hydrogens is 266 g/mol. The number of aromatic nitrogens is 1. The summed E-state index contributed by atoms with van der Waals surface area (Å²) in [6.07, 6.45) is 2.40. The Bertz CT molecular complexity index is 471. The molecule has 1 aliphatic rings. The van der Waals surface area contributed by atoms with Gasteiger partial charge in [-0.2, -0.15) is 0 Å². The summed E-state index contributed by atoms with van der Waals surface area (Å²) in [5, 5.41) is 17.1. The Labute approximate surface area is 115 Å². The van der Waals surface area contributed by atoms with Crippen molar-refractivity contribution in [2.45, 2.75) is 32.2 Å². The van der Waals surface area contributed by atoms with Crippen LogP contribution in [0.2, 0.25) is 0 Å². The number of carboxylic acids is 1. The van der Waals surface area contributed by atoms with Crippen molar-refractivity contribution in [2.24, 2.45) is 5.92 Å². The summed E-state index contributed by atoms with van der Waals surface area (Å²) < 4.78 is 0. The predicted molar refractivity (Wildman–Crippen MR) is 71.2 cm³/mol. The van der Waals surface area contributed by atoms with Gasteiger partial charge in [-0.25, -0.2) is 14.6 Å². The van der Waals surface area contributed by atoms with Crippen molar-refractivity contribution in [2.75, 3.05) is 6.54 Å². The number of hydrogen-bond donors (Lipinski definition) is 3. The molecule has 2 amide bonds. The van der Waals surface area contributed by atoms with Crippen LogP contribution in [-0.4, -0.2) is 34.7 Å². The lowest BCUT2D eigenvalue weighted by molar-refractivity contribution is -0.139. The quantitative estimate of drug-likeness (QED) is 0.730. The standard InChI is InChI=1S/C12H17N3O3S/c1-7-6-19-9(14-7)4-5-13-12(18)15-10(11(16)17)8-2-3-8/h6,8,10H,2-5H2,1H3,(H,16,17)(H2,13,15,18). The van der Waals surface area contributed by atoms with Crippen LogP contribution in [0.4, 0.5) is 4.79 Å². The second-order valence-corrected chi connectivity index (χ2v) is 5.63. The van der Waals surface area contributed by atoms with Crippen LogP contribution in [0, 0.1) is 12.8 Å². The number of rotatable bonds is 6. The van der Waals surface area contributed by atoms with Gasteiger partial charge >= 0.3 is 12.0 Å². The van der Waals surface area contributed by atoms with Gasteiger partial charge in [-0.15, -0.1) is 11.3 Å². The van der Waals surface area contributed by atoms with Gasteiger partial charge in [0.2, 0.25) is 0 Å². The van der Waals surface area contributed by atoms with Crippen LogP contribution in [-0.2, 0) is 11.2 Å². The molecule has 0 aliphatic heterocycles. The molecule has 7 heteroatoms. The van der Waals surface area contributed by atoms with Gasteiger partial charge in [0.05, 0.1) is 5.01 Å². The van der Waals surface area contributed by atoms with E-state index < -0.39 is 18.0 Å². The number of urea groups is 1. The summed E-state index contributed by atoms with van der Waals surface area (Å²) in [6, 6.07) is -1.19. The molecule has 1 aromatic rings. The summed E-state index contributed by atoms with van der Waals surface area (Å²) in [6.45, 7) is 2.38. The first-order valence-corrected chi connectivity index (χ1v) is 7.12. The van der Waals surface area contributed by atoms with Crippen molar-refractivity contribution < 1.29 is 14.7 Å². The van der Waals surface area contributed by atoms with Gasteiger partial charge < -0.3 is 15.7 Å². The molecule has 19 heavy (non-hydrogen) atoms. The highest BCUT2D eigenvalue weighted by Gasteiger charge is 2.37. The third-order valence-electron chi connectivity index (χ3n) is 2.94. The molecule has 0 aromatic carbocycles. The van der Waals surface area contributed by atoms with E-state index in [0.29, 0.717) is 13.0 Å². The van der Waals surface area contributed by atoms with Crippen LogP contribution in [0.1, 0.15) is 23.5 Å². The molecule has 1 saturated carbocycles. The average molecular weight is 283 g/mol. The van der Waals surface area contributed by atoms with Crippen molar-refractivity contribution in [3.05, 3.63) is 16.1 Å². The highest BCUT2D eigenvalue weighted by Crippen LogP contribution is 2.32. The minimum atomic E-state index is -0.965. The van der Waals surface area contributed by atoms with Gasteiger partial charge in [-0.1, -0.05) is 0 Å². The number of thiazole rings is 1. The first kappa shape index (κ1) is 13.8. The molecule has 0 radical (unpaired) electrons. The fourth-order valence-corrected chi connectivity index (χ4v) is 2.58.